The number of aryl methyl sites for hydroxylation is 1. The molecule has 0 radical (unpaired) electrons. The highest BCUT2D eigenvalue weighted by atomic mass is 32.1. The van der Waals surface area contributed by atoms with Gasteiger partial charge in [-0.3, -0.25) is 4.79 Å². The summed E-state index contributed by atoms with van der Waals surface area (Å²) in [6.07, 6.45) is 1.47. The van der Waals surface area contributed by atoms with Crippen molar-refractivity contribution >= 4 is 23.3 Å². The maximum atomic E-state index is 12.3. The number of hydrogen-bond donors (Lipinski definition) is 1. The molecular formula is C16H24N2O3S. The summed E-state index contributed by atoms with van der Waals surface area (Å²) < 4.78 is 4.83. The molecule has 2 heterocycles. The van der Waals surface area contributed by atoms with Crippen LogP contribution in [-0.2, 0) is 16.0 Å². The summed E-state index contributed by atoms with van der Waals surface area (Å²) in [5, 5.41) is 3.02. The van der Waals surface area contributed by atoms with Crippen molar-refractivity contribution in [2.24, 2.45) is 5.41 Å². The molecule has 0 spiro atoms. The van der Waals surface area contributed by atoms with Crippen molar-refractivity contribution in [3.05, 3.63) is 21.9 Å². The molecule has 0 bridgehead atoms. The highest BCUT2D eigenvalue weighted by molar-refractivity contribution is 7.11. The molecule has 0 aliphatic carbocycles. The van der Waals surface area contributed by atoms with Gasteiger partial charge in [-0.1, -0.05) is 0 Å². The second-order valence-electron chi connectivity index (χ2n) is 6.29. The summed E-state index contributed by atoms with van der Waals surface area (Å²) in [7, 11) is 1.39. The van der Waals surface area contributed by atoms with Crippen molar-refractivity contribution in [1.29, 1.82) is 0 Å². The Balaban J connectivity index is 1.86. The minimum Gasteiger partial charge on any atom is -0.469 e. The Morgan fingerprint density at radius 3 is 2.82 bits per heavy atom. The molecule has 1 fully saturated rings. The second kappa shape index (κ2) is 6.69. The molecule has 0 saturated carbocycles. The van der Waals surface area contributed by atoms with Crippen LogP contribution >= 0.6 is 11.3 Å². The normalized spacial score (nSPS) is 22.5. The molecule has 1 N–H and O–H groups in total. The van der Waals surface area contributed by atoms with Crippen LogP contribution in [0.2, 0.25) is 0 Å². The quantitative estimate of drug-likeness (QED) is 0.866. The van der Waals surface area contributed by atoms with Crippen LogP contribution < -0.4 is 5.32 Å². The maximum Gasteiger partial charge on any atom is 0.317 e. The Labute approximate surface area is 135 Å². The zero-order valence-electron chi connectivity index (χ0n) is 13.6. The lowest BCUT2D eigenvalue weighted by Gasteiger charge is -2.23. The highest BCUT2D eigenvalue weighted by Crippen LogP contribution is 2.31. The number of ether oxygens (including phenoxy) is 1. The summed E-state index contributed by atoms with van der Waals surface area (Å²) in [4.78, 5) is 28.4. The Kier molecular flexibility index (Phi) is 5.11. The summed E-state index contributed by atoms with van der Waals surface area (Å²) in [5.41, 5.74) is -0.583. The molecule has 1 aliphatic rings. The fourth-order valence-electron chi connectivity index (χ4n) is 2.80. The van der Waals surface area contributed by atoms with E-state index >= 15 is 0 Å². The molecular weight excluding hydrogens is 300 g/mol. The molecule has 2 amide bonds. The number of amides is 2. The van der Waals surface area contributed by atoms with Gasteiger partial charge in [0.25, 0.3) is 0 Å². The zero-order chi connectivity index (χ0) is 16.3. The number of rotatable bonds is 4. The van der Waals surface area contributed by atoms with Crippen molar-refractivity contribution in [1.82, 2.24) is 10.2 Å². The smallest absolute Gasteiger partial charge is 0.317 e. The van der Waals surface area contributed by atoms with Gasteiger partial charge in [0.05, 0.1) is 12.5 Å². The Hall–Kier alpha value is -1.56. The summed E-state index contributed by atoms with van der Waals surface area (Å²) in [6, 6.07) is 4.16. The van der Waals surface area contributed by atoms with Crippen molar-refractivity contribution < 1.29 is 14.3 Å². The fourth-order valence-corrected chi connectivity index (χ4v) is 3.82. The minimum absolute atomic E-state index is 0.0653. The van der Waals surface area contributed by atoms with E-state index in [1.54, 1.807) is 16.2 Å². The van der Waals surface area contributed by atoms with Crippen molar-refractivity contribution in [2.75, 3.05) is 20.2 Å². The van der Waals surface area contributed by atoms with E-state index in [0.717, 1.165) is 6.42 Å². The SMILES string of the molecule is COC(=O)[C@]1(C)CCN(C(=O)N[C@H](C)Cc2ccc(C)s2)C1. The first-order chi connectivity index (χ1) is 10.3. The Bertz CT molecular complexity index is 557. The number of nitrogens with zero attached hydrogens (tertiary/aromatic N) is 1. The Morgan fingerprint density at radius 2 is 2.23 bits per heavy atom. The van der Waals surface area contributed by atoms with Gasteiger partial charge in [-0.05, 0) is 39.3 Å². The fraction of sp³-hybridized carbons (Fsp3) is 0.625. The molecule has 1 saturated heterocycles. The van der Waals surface area contributed by atoms with Crippen LogP contribution in [0.1, 0.15) is 30.0 Å². The summed E-state index contributed by atoms with van der Waals surface area (Å²) >= 11 is 1.76. The molecule has 1 aliphatic heterocycles. The predicted octanol–water partition coefficient (Wildman–Crippen LogP) is 2.58. The average molecular weight is 324 g/mol. The average Bonchev–Trinajstić information content (AvgIpc) is 3.05. The van der Waals surface area contributed by atoms with E-state index in [1.165, 1.54) is 16.9 Å². The van der Waals surface area contributed by atoms with Crippen LogP contribution in [0.25, 0.3) is 0 Å². The number of thiophene rings is 1. The lowest BCUT2D eigenvalue weighted by Crippen LogP contribution is -2.45. The van der Waals surface area contributed by atoms with Crippen LogP contribution in [-0.4, -0.2) is 43.1 Å². The number of carbonyl (C=O) groups excluding carboxylic acids is 2. The van der Waals surface area contributed by atoms with Crippen molar-refractivity contribution in [3.63, 3.8) is 0 Å². The van der Waals surface area contributed by atoms with E-state index in [1.807, 2.05) is 13.8 Å². The van der Waals surface area contributed by atoms with Crippen LogP contribution in [0.4, 0.5) is 4.79 Å². The number of methoxy groups -OCH3 is 1. The topological polar surface area (TPSA) is 58.6 Å². The third-order valence-electron chi connectivity index (χ3n) is 4.11. The van der Waals surface area contributed by atoms with Gasteiger partial charge in [-0.15, -0.1) is 11.3 Å². The number of urea groups is 1. The molecule has 22 heavy (non-hydrogen) atoms. The lowest BCUT2D eigenvalue weighted by molar-refractivity contribution is -0.150. The number of nitrogens with one attached hydrogen (secondary N) is 1. The number of hydrogen-bond acceptors (Lipinski definition) is 4. The van der Waals surface area contributed by atoms with Crippen LogP contribution in [0.3, 0.4) is 0 Å². The second-order valence-corrected chi connectivity index (χ2v) is 7.66. The van der Waals surface area contributed by atoms with Gasteiger partial charge >= 0.3 is 12.0 Å². The van der Waals surface area contributed by atoms with Gasteiger partial charge in [0.1, 0.15) is 0 Å². The summed E-state index contributed by atoms with van der Waals surface area (Å²) in [6.45, 7) is 6.93. The monoisotopic (exact) mass is 324 g/mol. The van der Waals surface area contributed by atoms with Gasteiger partial charge in [-0.2, -0.15) is 0 Å². The zero-order valence-corrected chi connectivity index (χ0v) is 14.5. The van der Waals surface area contributed by atoms with Gasteiger partial charge < -0.3 is 15.0 Å². The largest absolute Gasteiger partial charge is 0.469 e. The van der Waals surface area contributed by atoms with E-state index in [4.69, 9.17) is 4.74 Å². The van der Waals surface area contributed by atoms with Crippen molar-refractivity contribution in [3.8, 4) is 0 Å². The molecule has 0 unspecified atom stereocenters. The maximum absolute atomic E-state index is 12.3. The van der Waals surface area contributed by atoms with E-state index in [2.05, 4.69) is 24.4 Å². The van der Waals surface area contributed by atoms with Gasteiger partial charge in [0, 0.05) is 35.3 Å². The van der Waals surface area contributed by atoms with Crippen LogP contribution in [0.15, 0.2) is 12.1 Å². The van der Waals surface area contributed by atoms with Crippen LogP contribution in [0, 0.1) is 12.3 Å². The first kappa shape index (κ1) is 16.8. The highest BCUT2D eigenvalue weighted by Gasteiger charge is 2.43. The molecule has 1 aromatic rings. The predicted molar refractivity (Wildman–Crippen MR) is 87.1 cm³/mol. The van der Waals surface area contributed by atoms with E-state index in [0.29, 0.717) is 19.5 Å². The third-order valence-corrected chi connectivity index (χ3v) is 5.13. The summed E-state index contributed by atoms with van der Waals surface area (Å²) in [5.74, 6) is -0.245. The van der Waals surface area contributed by atoms with Gasteiger partial charge in [0.15, 0.2) is 0 Å². The van der Waals surface area contributed by atoms with E-state index in [9.17, 15) is 9.59 Å². The van der Waals surface area contributed by atoms with Gasteiger partial charge in [-0.25, -0.2) is 4.79 Å². The minimum atomic E-state index is -0.583. The van der Waals surface area contributed by atoms with E-state index in [-0.39, 0.29) is 18.0 Å². The van der Waals surface area contributed by atoms with E-state index < -0.39 is 5.41 Å². The van der Waals surface area contributed by atoms with Crippen molar-refractivity contribution in [2.45, 2.75) is 39.7 Å². The lowest BCUT2D eigenvalue weighted by atomic mass is 9.90. The van der Waals surface area contributed by atoms with Crippen LogP contribution in [0.5, 0.6) is 0 Å². The third kappa shape index (κ3) is 3.80. The standard InChI is InChI=1S/C16H24N2O3S/c1-11(9-13-6-5-12(2)22-13)17-15(20)18-8-7-16(3,10-18)14(19)21-4/h5-6,11H,7-10H2,1-4H3,(H,17,20)/t11-,16-/m1/s1. The molecule has 2 atom stereocenters. The molecule has 2 rings (SSSR count). The van der Waals surface area contributed by atoms with Gasteiger partial charge in [0.2, 0.25) is 0 Å². The molecule has 122 valence electrons. The molecule has 6 heteroatoms. The number of esters is 1. The molecule has 1 aromatic heterocycles. The first-order valence-electron chi connectivity index (χ1n) is 7.53. The Morgan fingerprint density at radius 1 is 1.50 bits per heavy atom. The first-order valence-corrected chi connectivity index (χ1v) is 8.35. The number of likely N-dealkylation sites (tertiary alicyclic amines) is 1. The number of carbonyl (C=O) groups is 2. The molecule has 5 nitrogen and oxygen atoms in total. The molecule has 0 aromatic carbocycles.